The molecule has 3 rings (SSSR count). The minimum Gasteiger partial charge on any atom is -0.260 e. The Morgan fingerprint density at radius 3 is 2.40 bits per heavy atom. The fraction of sp³-hybridized carbons (Fsp3) is 0.235. The fourth-order valence-corrected chi connectivity index (χ4v) is 2.40. The highest BCUT2D eigenvalue weighted by molar-refractivity contribution is 6.31. The lowest BCUT2D eigenvalue weighted by Gasteiger charge is -2.05. The van der Waals surface area contributed by atoms with Gasteiger partial charge in [-0.05, 0) is 24.6 Å². The molecule has 0 radical (unpaired) electrons. The molecule has 2 nitrogen and oxygen atoms in total. The topological polar surface area (TPSA) is 17.8 Å². The number of hydrogen-bond acceptors (Lipinski definition) is 1. The Morgan fingerprint density at radius 1 is 1.00 bits per heavy atom. The molecule has 3 heteroatoms. The van der Waals surface area contributed by atoms with Crippen molar-refractivity contribution in [3.63, 3.8) is 0 Å². The summed E-state index contributed by atoms with van der Waals surface area (Å²) in [5.74, 6) is 0. The number of nitrogens with zero attached hydrogens (tertiary/aromatic N) is 2. The number of aryl methyl sites for hydroxylation is 1. The van der Waals surface area contributed by atoms with Gasteiger partial charge in [-0.15, -0.1) is 0 Å². The summed E-state index contributed by atoms with van der Waals surface area (Å²) in [6.07, 6.45) is 0. The molecule has 1 heterocycles. The Balaban J connectivity index is 0.000000704. The Kier molecular flexibility index (Phi) is 4.80. The second kappa shape index (κ2) is 6.58. The zero-order chi connectivity index (χ0) is 14.5. The molecule has 0 spiro atoms. The summed E-state index contributed by atoms with van der Waals surface area (Å²) in [5.41, 5.74) is 3.29. The van der Waals surface area contributed by atoms with Gasteiger partial charge in [0.2, 0.25) is 0 Å². The van der Waals surface area contributed by atoms with Gasteiger partial charge < -0.3 is 0 Å². The van der Waals surface area contributed by atoms with E-state index in [-0.39, 0.29) is 0 Å². The molecule has 3 aromatic rings. The molecular formula is C17H19ClN2. The van der Waals surface area contributed by atoms with Crippen molar-refractivity contribution in [3.8, 4) is 0 Å². The van der Waals surface area contributed by atoms with Crippen molar-refractivity contribution in [1.29, 1.82) is 0 Å². The minimum atomic E-state index is 0.702. The van der Waals surface area contributed by atoms with E-state index in [1.165, 1.54) is 5.39 Å². The number of halogens is 1. The molecule has 0 bridgehead atoms. The Bertz CT molecular complexity index is 701. The largest absolute Gasteiger partial charge is 0.260 e. The lowest BCUT2D eigenvalue weighted by molar-refractivity contribution is 0.703. The monoisotopic (exact) mass is 286 g/mol. The quantitative estimate of drug-likeness (QED) is 0.643. The van der Waals surface area contributed by atoms with Gasteiger partial charge in [0.05, 0.1) is 17.8 Å². The molecule has 0 unspecified atom stereocenters. The fourth-order valence-electron chi connectivity index (χ4n) is 2.20. The zero-order valence-electron chi connectivity index (χ0n) is 12.1. The van der Waals surface area contributed by atoms with E-state index >= 15 is 0 Å². The van der Waals surface area contributed by atoms with Gasteiger partial charge in [0.1, 0.15) is 0 Å². The lowest BCUT2D eigenvalue weighted by atomic mass is 10.2. The molecule has 1 aromatic heterocycles. The number of fused-ring (bicyclic) bond motifs is 1. The highest BCUT2D eigenvalue weighted by atomic mass is 35.5. The molecule has 20 heavy (non-hydrogen) atoms. The summed E-state index contributed by atoms with van der Waals surface area (Å²) >= 11 is 6.19. The van der Waals surface area contributed by atoms with Crippen LogP contribution in [0.2, 0.25) is 5.02 Å². The van der Waals surface area contributed by atoms with Crippen LogP contribution in [0.25, 0.3) is 10.9 Å². The first-order chi connectivity index (χ1) is 9.75. The second-order valence-corrected chi connectivity index (χ2v) is 4.76. The van der Waals surface area contributed by atoms with Gasteiger partial charge in [-0.25, -0.2) is 0 Å². The van der Waals surface area contributed by atoms with E-state index in [2.05, 4.69) is 17.2 Å². The molecule has 0 atom stereocenters. The van der Waals surface area contributed by atoms with E-state index in [4.69, 9.17) is 11.6 Å². The van der Waals surface area contributed by atoms with E-state index in [9.17, 15) is 0 Å². The average molecular weight is 287 g/mol. The molecule has 0 fully saturated rings. The van der Waals surface area contributed by atoms with Gasteiger partial charge in [0.15, 0.2) is 0 Å². The van der Waals surface area contributed by atoms with Crippen LogP contribution in [0.3, 0.4) is 0 Å². The van der Waals surface area contributed by atoms with Gasteiger partial charge in [0.25, 0.3) is 0 Å². The maximum absolute atomic E-state index is 6.19. The summed E-state index contributed by atoms with van der Waals surface area (Å²) < 4.78 is 2.01. The van der Waals surface area contributed by atoms with Crippen LogP contribution in [0.4, 0.5) is 0 Å². The van der Waals surface area contributed by atoms with Crippen LogP contribution in [0.5, 0.6) is 0 Å². The van der Waals surface area contributed by atoms with Crippen molar-refractivity contribution >= 4 is 22.5 Å². The summed E-state index contributed by atoms with van der Waals surface area (Å²) in [4.78, 5) is 0. The molecule has 0 saturated heterocycles. The predicted octanol–water partition coefficient (Wildman–Crippen LogP) is 5.07. The molecule has 0 saturated carbocycles. The van der Waals surface area contributed by atoms with Crippen molar-refractivity contribution in [2.75, 3.05) is 0 Å². The van der Waals surface area contributed by atoms with Crippen LogP contribution >= 0.6 is 11.6 Å². The van der Waals surface area contributed by atoms with Crippen LogP contribution in [0, 0.1) is 6.92 Å². The number of para-hydroxylation sites is 1. The summed E-state index contributed by atoms with van der Waals surface area (Å²) in [7, 11) is 0. The second-order valence-electron chi connectivity index (χ2n) is 4.35. The van der Waals surface area contributed by atoms with Gasteiger partial charge in [-0.1, -0.05) is 61.8 Å². The first-order valence-electron chi connectivity index (χ1n) is 6.91. The van der Waals surface area contributed by atoms with Crippen LogP contribution < -0.4 is 0 Å². The molecule has 0 aliphatic carbocycles. The molecule has 0 N–H and O–H groups in total. The third-order valence-corrected chi connectivity index (χ3v) is 3.49. The van der Waals surface area contributed by atoms with Crippen LogP contribution in [0.15, 0.2) is 48.5 Å². The maximum Gasteiger partial charge on any atom is 0.0689 e. The Labute approximate surface area is 125 Å². The zero-order valence-corrected chi connectivity index (χ0v) is 12.9. The molecular weight excluding hydrogens is 268 g/mol. The molecule has 0 aliphatic heterocycles. The smallest absolute Gasteiger partial charge is 0.0689 e. The van der Waals surface area contributed by atoms with Crippen LogP contribution in [-0.2, 0) is 6.54 Å². The first-order valence-corrected chi connectivity index (χ1v) is 7.29. The number of aromatic nitrogens is 2. The third kappa shape index (κ3) is 2.86. The molecule has 0 amide bonds. The Hall–Kier alpha value is -1.80. The van der Waals surface area contributed by atoms with E-state index in [0.717, 1.165) is 21.8 Å². The normalized spacial score (nSPS) is 10.2. The van der Waals surface area contributed by atoms with Crippen molar-refractivity contribution in [2.24, 2.45) is 0 Å². The number of hydrogen-bond donors (Lipinski definition) is 0. The van der Waals surface area contributed by atoms with Crippen molar-refractivity contribution < 1.29 is 0 Å². The number of benzene rings is 2. The van der Waals surface area contributed by atoms with Crippen molar-refractivity contribution in [3.05, 3.63) is 64.8 Å². The standard InChI is InChI=1S/C15H13ClN2.C2H6/c1-11-13-7-3-5-9-15(13)18(17-11)10-12-6-2-4-8-14(12)16;1-2/h2-9H,10H2,1H3;1-2H3. The minimum absolute atomic E-state index is 0.702. The lowest BCUT2D eigenvalue weighted by Crippen LogP contribution is -2.02. The highest BCUT2D eigenvalue weighted by Gasteiger charge is 2.08. The summed E-state index contributed by atoms with van der Waals surface area (Å²) in [6.45, 7) is 6.74. The van der Waals surface area contributed by atoms with Gasteiger partial charge in [-0.3, -0.25) is 4.68 Å². The SMILES string of the molecule is CC.Cc1nn(Cc2ccccc2Cl)c2ccccc12. The van der Waals surface area contributed by atoms with E-state index in [1.54, 1.807) is 0 Å². The predicted molar refractivity (Wildman–Crippen MR) is 86.4 cm³/mol. The van der Waals surface area contributed by atoms with Gasteiger partial charge in [0, 0.05) is 10.4 Å². The van der Waals surface area contributed by atoms with Gasteiger partial charge in [-0.2, -0.15) is 5.10 Å². The third-order valence-electron chi connectivity index (χ3n) is 3.12. The van der Waals surface area contributed by atoms with E-state index in [1.807, 2.05) is 61.9 Å². The van der Waals surface area contributed by atoms with Crippen LogP contribution in [0.1, 0.15) is 25.1 Å². The van der Waals surface area contributed by atoms with Crippen molar-refractivity contribution in [2.45, 2.75) is 27.3 Å². The van der Waals surface area contributed by atoms with Gasteiger partial charge >= 0.3 is 0 Å². The molecule has 0 aliphatic rings. The van der Waals surface area contributed by atoms with E-state index in [0.29, 0.717) is 6.54 Å². The van der Waals surface area contributed by atoms with E-state index < -0.39 is 0 Å². The number of rotatable bonds is 2. The summed E-state index contributed by atoms with van der Waals surface area (Å²) in [5, 5.41) is 6.57. The Morgan fingerprint density at radius 2 is 1.65 bits per heavy atom. The van der Waals surface area contributed by atoms with Crippen molar-refractivity contribution in [1.82, 2.24) is 9.78 Å². The first kappa shape index (κ1) is 14.6. The highest BCUT2D eigenvalue weighted by Crippen LogP contribution is 2.21. The van der Waals surface area contributed by atoms with Crippen LogP contribution in [-0.4, -0.2) is 9.78 Å². The molecule has 2 aromatic carbocycles. The average Bonchev–Trinajstić information content (AvgIpc) is 2.81. The molecule has 104 valence electrons. The summed E-state index contributed by atoms with van der Waals surface area (Å²) in [6, 6.07) is 16.2. The maximum atomic E-state index is 6.19.